The fourth-order valence-corrected chi connectivity index (χ4v) is 1.99. The van der Waals surface area contributed by atoms with Crippen LogP contribution < -0.4 is 11.1 Å². The van der Waals surface area contributed by atoms with Crippen molar-refractivity contribution < 1.29 is 14.3 Å². The van der Waals surface area contributed by atoms with Crippen LogP contribution in [0.25, 0.3) is 0 Å². The number of hydrogen-bond donors (Lipinski definition) is 2. The molecule has 0 bridgehead atoms. The van der Waals surface area contributed by atoms with Gasteiger partial charge in [-0.15, -0.1) is 0 Å². The Hall–Kier alpha value is -1.14. The maximum atomic E-state index is 11.2. The third kappa shape index (κ3) is 4.18. The lowest BCUT2D eigenvalue weighted by Crippen LogP contribution is -2.41. The molecule has 1 aromatic rings. The molecule has 1 amide bonds. The Kier molecular flexibility index (Phi) is 5.15. The number of nitrogens with two attached hydrogens (primary N) is 1. The van der Waals surface area contributed by atoms with Gasteiger partial charge in [-0.2, -0.15) is 0 Å². The van der Waals surface area contributed by atoms with Crippen LogP contribution >= 0.6 is 11.6 Å². The first-order valence-corrected chi connectivity index (χ1v) is 6.55. The largest absolute Gasteiger partial charge is 0.350 e. The van der Waals surface area contributed by atoms with Crippen molar-refractivity contribution in [2.45, 2.75) is 18.8 Å². The van der Waals surface area contributed by atoms with Crippen molar-refractivity contribution in [2.24, 2.45) is 5.73 Å². The highest BCUT2D eigenvalue weighted by Gasteiger charge is 2.21. The van der Waals surface area contributed by atoms with E-state index in [0.717, 1.165) is 5.56 Å². The van der Waals surface area contributed by atoms with Crippen molar-refractivity contribution in [2.75, 3.05) is 19.8 Å². The van der Waals surface area contributed by atoms with Crippen LogP contribution in [0.1, 0.15) is 18.3 Å². The second-order valence-corrected chi connectivity index (χ2v) is 4.78. The average molecular weight is 285 g/mol. The van der Waals surface area contributed by atoms with Gasteiger partial charge in [0.1, 0.15) is 0 Å². The summed E-state index contributed by atoms with van der Waals surface area (Å²) in [5, 5.41) is 3.47. The molecule has 1 saturated heterocycles. The van der Waals surface area contributed by atoms with Crippen LogP contribution in [0, 0.1) is 0 Å². The first-order valence-electron chi connectivity index (χ1n) is 6.17. The SMILES string of the molecule is NCC(=O)N[C@H]1CCO[C@H](c2ccc(Cl)cc2)OC1. The van der Waals surface area contributed by atoms with Gasteiger partial charge in [0, 0.05) is 10.6 Å². The highest BCUT2D eigenvalue weighted by molar-refractivity contribution is 6.30. The summed E-state index contributed by atoms with van der Waals surface area (Å²) in [5.74, 6) is -0.182. The molecule has 1 aliphatic heterocycles. The van der Waals surface area contributed by atoms with Gasteiger partial charge in [-0.3, -0.25) is 4.79 Å². The summed E-state index contributed by atoms with van der Waals surface area (Å²) in [6, 6.07) is 7.26. The van der Waals surface area contributed by atoms with Crippen molar-refractivity contribution in [1.82, 2.24) is 5.32 Å². The van der Waals surface area contributed by atoms with E-state index in [-0.39, 0.29) is 18.5 Å². The molecule has 1 aliphatic rings. The van der Waals surface area contributed by atoms with E-state index in [2.05, 4.69) is 5.32 Å². The third-order valence-corrected chi connectivity index (χ3v) is 3.13. The van der Waals surface area contributed by atoms with Gasteiger partial charge >= 0.3 is 0 Å². The number of carbonyl (C=O) groups is 1. The maximum absolute atomic E-state index is 11.2. The smallest absolute Gasteiger partial charge is 0.234 e. The first-order chi connectivity index (χ1) is 9.19. The van der Waals surface area contributed by atoms with Crippen LogP contribution in [-0.4, -0.2) is 31.7 Å². The minimum Gasteiger partial charge on any atom is -0.350 e. The molecule has 0 aliphatic carbocycles. The molecule has 0 saturated carbocycles. The van der Waals surface area contributed by atoms with Gasteiger partial charge in [0.05, 0.1) is 25.8 Å². The molecule has 2 rings (SSSR count). The van der Waals surface area contributed by atoms with E-state index in [4.69, 9.17) is 26.8 Å². The van der Waals surface area contributed by atoms with E-state index >= 15 is 0 Å². The number of rotatable bonds is 3. The molecule has 104 valence electrons. The van der Waals surface area contributed by atoms with Crippen molar-refractivity contribution in [3.63, 3.8) is 0 Å². The van der Waals surface area contributed by atoms with Crippen LogP contribution in [-0.2, 0) is 14.3 Å². The summed E-state index contributed by atoms with van der Waals surface area (Å²) in [4.78, 5) is 11.2. The summed E-state index contributed by atoms with van der Waals surface area (Å²) in [6.45, 7) is 0.903. The minimum absolute atomic E-state index is 0.0159. The fourth-order valence-electron chi connectivity index (χ4n) is 1.87. The Balaban J connectivity index is 1.93. The topological polar surface area (TPSA) is 73.6 Å². The second-order valence-electron chi connectivity index (χ2n) is 4.34. The van der Waals surface area contributed by atoms with E-state index in [1.54, 1.807) is 12.1 Å². The molecule has 0 spiro atoms. The first kappa shape index (κ1) is 14.3. The Bertz CT molecular complexity index is 424. The van der Waals surface area contributed by atoms with Crippen molar-refractivity contribution >= 4 is 17.5 Å². The molecule has 5 nitrogen and oxygen atoms in total. The Labute approximate surface area is 117 Å². The van der Waals surface area contributed by atoms with Gasteiger partial charge in [-0.25, -0.2) is 0 Å². The molecule has 6 heteroatoms. The van der Waals surface area contributed by atoms with E-state index in [1.807, 2.05) is 12.1 Å². The molecular formula is C13H17ClN2O3. The van der Waals surface area contributed by atoms with Gasteiger partial charge < -0.3 is 20.5 Å². The second kappa shape index (κ2) is 6.86. The number of carbonyl (C=O) groups excluding carboxylic acids is 1. The summed E-state index contributed by atoms with van der Waals surface area (Å²) in [5.41, 5.74) is 6.18. The molecule has 19 heavy (non-hydrogen) atoms. The molecular weight excluding hydrogens is 268 g/mol. The molecule has 1 fully saturated rings. The van der Waals surface area contributed by atoms with Crippen molar-refractivity contribution in [3.8, 4) is 0 Å². The molecule has 0 unspecified atom stereocenters. The van der Waals surface area contributed by atoms with Crippen LogP contribution in [0.4, 0.5) is 0 Å². The summed E-state index contributed by atoms with van der Waals surface area (Å²) < 4.78 is 11.3. The lowest BCUT2D eigenvalue weighted by molar-refractivity contribution is -0.133. The molecule has 2 atom stereocenters. The predicted octanol–water partition coefficient (Wildman–Crippen LogP) is 1.22. The standard InChI is InChI=1S/C13H17ClN2O3/c14-10-3-1-9(2-4-10)13-18-6-5-11(8-19-13)16-12(17)7-15/h1-4,11,13H,5-8,15H2,(H,16,17)/t11-,13-/m0/s1. The normalized spacial score (nSPS) is 23.7. The van der Waals surface area contributed by atoms with Crippen LogP contribution in [0.15, 0.2) is 24.3 Å². The average Bonchev–Trinajstić information content (AvgIpc) is 2.65. The van der Waals surface area contributed by atoms with Gasteiger partial charge in [0.2, 0.25) is 5.91 Å². The monoisotopic (exact) mass is 284 g/mol. The number of amides is 1. The van der Waals surface area contributed by atoms with Gasteiger partial charge in [0.15, 0.2) is 6.29 Å². The number of nitrogens with one attached hydrogen (secondary N) is 1. The molecule has 3 N–H and O–H groups in total. The van der Waals surface area contributed by atoms with E-state index in [0.29, 0.717) is 24.7 Å². The van der Waals surface area contributed by atoms with E-state index in [9.17, 15) is 4.79 Å². The maximum Gasteiger partial charge on any atom is 0.234 e. The number of halogens is 1. The third-order valence-electron chi connectivity index (χ3n) is 2.88. The molecule has 1 aromatic carbocycles. The van der Waals surface area contributed by atoms with Crippen molar-refractivity contribution in [1.29, 1.82) is 0 Å². The van der Waals surface area contributed by atoms with E-state index in [1.165, 1.54) is 0 Å². The summed E-state index contributed by atoms with van der Waals surface area (Å²) in [6.07, 6.45) is 0.285. The zero-order valence-corrected chi connectivity index (χ0v) is 11.2. The molecule has 0 aromatic heterocycles. The fraction of sp³-hybridized carbons (Fsp3) is 0.462. The van der Waals surface area contributed by atoms with Gasteiger partial charge in [-0.05, 0) is 18.6 Å². The van der Waals surface area contributed by atoms with Crippen LogP contribution in [0.3, 0.4) is 0 Å². The van der Waals surface area contributed by atoms with Crippen LogP contribution in [0.2, 0.25) is 5.02 Å². The highest BCUT2D eigenvalue weighted by atomic mass is 35.5. The van der Waals surface area contributed by atoms with Gasteiger partial charge in [0.25, 0.3) is 0 Å². The zero-order valence-electron chi connectivity index (χ0n) is 10.5. The zero-order chi connectivity index (χ0) is 13.7. The summed E-state index contributed by atoms with van der Waals surface area (Å²) in [7, 11) is 0. The Morgan fingerprint density at radius 2 is 2.11 bits per heavy atom. The summed E-state index contributed by atoms with van der Waals surface area (Å²) >= 11 is 5.84. The quantitative estimate of drug-likeness (QED) is 0.875. The molecule has 1 heterocycles. The van der Waals surface area contributed by atoms with Crippen LogP contribution in [0.5, 0.6) is 0 Å². The minimum atomic E-state index is -0.419. The highest BCUT2D eigenvalue weighted by Crippen LogP contribution is 2.23. The lowest BCUT2D eigenvalue weighted by Gasteiger charge is -2.17. The Morgan fingerprint density at radius 1 is 1.37 bits per heavy atom. The number of hydrogen-bond acceptors (Lipinski definition) is 4. The Morgan fingerprint density at radius 3 is 2.79 bits per heavy atom. The van der Waals surface area contributed by atoms with Crippen molar-refractivity contribution in [3.05, 3.63) is 34.9 Å². The predicted molar refractivity (Wildman–Crippen MR) is 71.7 cm³/mol. The van der Waals surface area contributed by atoms with Gasteiger partial charge in [-0.1, -0.05) is 23.7 Å². The molecule has 0 radical (unpaired) electrons. The number of ether oxygens (including phenoxy) is 2. The number of benzene rings is 1. The lowest BCUT2D eigenvalue weighted by atomic mass is 10.2. The van der Waals surface area contributed by atoms with E-state index < -0.39 is 6.29 Å².